The summed E-state index contributed by atoms with van der Waals surface area (Å²) in [5.41, 5.74) is 7.43. The molecule has 1 fully saturated rings. The molecule has 4 aromatic rings. The van der Waals surface area contributed by atoms with Gasteiger partial charge in [0, 0.05) is 55.8 Å². The summed E-state index contributed by atoms with van der Waals surface area (Å²) >= 11 is 0. The zero-order chi connectivity index (χ0) is 31.3. The number of hydrogen-bond acceptors (Lipinski definition) is 8. The normalized spacial score (nSPS) is 15.5. The van der Waals surface area contributed by atoms with Crippen LogP contribution in [0.3, 0.4) is 0 Å². The smallest absolute Gasteiger partial charge is 0.382 e. The molecule has 0 bridgehead atoms. The minimum absolute atomic E-state index is 0.0172. The predicted molar refractivity (Wildman–Crippen MR) is 156 cm³/mol. The van der Waals surface area contributed by atoms with E-state index in [4.69, 9.17) is 20.2 Å². The Morgan fingerprint density at radius 2 is 1.89 bits per heavy atom. The number of halogens is 3. The number of hydrogen-bond donors (Lipinski definition) is 2. The highest BCUT2D eigenvalue weighted by molar-refractivity contribution is 6.04. The number of methoxy groups -OCH3 is 1. The van der Waals surface area contributed by atoms with Gasteiger partial charge in [0.05, 0.1) is 31.8 Å². The highest BCUT2D eigenvalue weighted by Gasteiger charge is 2.31. The summed E-state index contributed by atoms with van der Waals surface area (Å²) in [6, 6.07) is 8.08. The standard InChI is InChI=1S/C30H32F3N7O4/c1-43-15-16-44-14-9-24(41)39-12-2-3-21(18-39)28-38-25(26-27(34)36-11-13-40(26)28)19-4-6-20(7-5-19)29(42)37-23-17-22(8-10-35-23)30(31,32)33/h4-8,10-11,13,17,21H,2-3,9,12,14-16,18H2,1H3,(H2,34,36)(H,35,37,42)/t21-/m1/s1. The largest absolute Gasteiger partial charge is 0.416 e. The highest BCUT2D eigenvalue weighted by atomic mass is 19.4. The van der Waals surface area contributed by atoms with Gasteiger partial charge in [-0.05, 0) is 37.1 Å². The quantitative estimate of drug-likeness (QED) is 0.252. The third-order valence-electron chi connectivity index (χ3n) is 7.39. The van der Waals surface area contributed by atoms with Crippen molar-refractivity contribution in [3.63, 3.8) is 0 Å². The molecule has 44 heavy (non-hydrogen) atoms. The first-order valence-corrected chi connectivity index (χ1v) is 14.1. The van der Waals surface area contributed by atoms with E-state index < -0.39 is 17.6 Å². The van der Waals surface area contributed by atoms with Gasteiger partial charge in [-0.2, -0.15) is 13.2 Å². The summed E-state index contributed by atoms with van der Waals surface area (Å²) in [5.74, 6) is 0.164. The number of piperidine rings is 1. The molecule has 1 aromatic carbocycles. The molecule has 1 aliphatic rings. The Balaban J connectivity index is 1.34. The Bertz CT molecular complexity index is 1630. The van der Waals surface area contributed by atoms with Crippen LogP contribution in [0.15, 0.2) is 55.0 Å². The second-order valence-corrected chi connectivity index (χ2v) is 10.3. The number of benzene rings is 1. The lowest BCUT2D eigenvalue weighted by Gasteiger charge is -2.32. The third kappa shape index (κ3) is 6.97. The molecule has 3 aromatic heterocycles. The summed E-state index contributed by atoms with van der Waals surface area (Å²) in [6.07, 6.45) is 1.74. The van der Waals surface area contributed by atoms with Crippen LogP contribution in [0.5, 0.6) is 0 Å². The van der Waals surface area contributed by atoms with Crippen LogP contribution in [0, 0.1) is 0 Å². The van der Waals surface area contributed by atoms with E-state index in [1.54, 1.807) is 43.8 Å². The molecule has 4 heterocycles. The average molecular weight is 612 g/mol. The van der Waals surface area contributed by atoms with E-state index >= 15 is 0 Å². The van der Waals surface area contributed by atoms with E-state index in [-0.39, 0.29) is 35.4 Å². The number of nitrogens with two attached hydrogens (primary N) is 1. The second kappa shape index (κ2) is 13.4. The zero-order valence-corrected chi connectivity index (χ0v) is 24.0. The number of nitrogens with zero attached hydrogens (tertiary/aromatic N) is 5. The molecular formula is C30H32F3N7O4. The summed E-state index contributed by atoms with van der Waals surface area (Å²) in [6.45, 7) is 2.39. The molecule has 5 rings (SSSR count). The van der Waals surface area contributed by atoms with E-state index in [0.717, 1.165) is 37.0 Å². The van der Waals surface area contributed by atoms with Crippen molar-refractivity contribution in [2.75, 3.05) is 51.1 Å². The zero-order valence-electron chi connectivity index (χ0n) is 24.0. The van der Waals surface area contributed by atoms with Crippen LogP contribution in [-0.2, 0) is 20.4 Å². The first-order valence-electron chi connectivity index (χ1n) is 14.1. The Labute approximate surface area is 251 Å². The maximum absolute atomic E-state index is 13.0. The summed E-state index contributed by atoms with van der Waals surface area (Å²) < 4.78 is 51.4. The van der Waals surface area contributed by atoms with Crippen molar-refractivity contribution in [2.24, 2.45) is 0 Å². The molecule has 0 saturated carbocycles. The lowest BCUT2D eigenvalue weighted by molar-refractivity contribution is -0.137. The number of carbonyl (C=O) groups is 2. The molecule has 1 aliphatic heterocycles. The van der Waals surface area contributed by atoms with Crippen LogP contribution in [0.1, 0.15) is 46.9 Å². The van der Waals surface area contributed by atoms with Crippen molar-refractivity contribution >= 4 is 29.0 Å². The number of amides is 2. The van der Waals surface area contributed by atoms with Crippen LogP contribution < -0.4 is 11.1 Å². The fourth-order valence-electron chi connectivity index (χ4n) is 5.20. The number of alkyl halides is 3. The van der Waals surface area contributed by atoms with Gasteiger partial charge in [0.25, 0.3) is 5.91 Å². The molecule has 0 aliphatic carbocycles. The van der Waals surface area contributed by atoms with Gasteiger partial charge in [0.2, 0.25) is 5.91 Å². The van der Waals surface area contributed by atoms with Crippen molar-refractivity contribution in [3.8, 4) is 11.3 Å². The first kappa shape index (κ1) is 30.9. The lowest BCUT2D eigenvalue weighted by Crippen LogP contribution is -2.40. The van der Waals surface area contributed by atoms with Gasteiger partial charge in [-0.3, -0.25) is 14.0 Å². The molecule has 1 saturated heterocycles. The molecule has 1 atom stereocenters. The van der Waals surface area contributed by atoms with Gasteiger partial charge in [-0.1, -0.05) is 12.1 Å². The number of pyridine rings is 1. The Hall–Kier alpha value is -4.56. The van der Waals surface area contributed by atoms with Gasteiger partial charge >= 0.3 is 6.18 Å². The van der Waals surface area contributed by atoms with Crippen molar-refractivity contribution in [1.82, 2.24) is 24.3 Å². The number of carbonyl (C=O) groups excluding carboxylic acids is 2. The summed E-state index contributed by atoms with van der Waals surface area (Å²) in [4.78, 5) is 40.5. The fraction of sp³-hybridized carbons (Fsp3) is 0.367. The number of likely N-dealkylation sites (tertiary alicyclic amines) is 1. The molecule has 0 radical (unpaired) electrons. The van der Waals surface area contributed by atoms with Crippen LogP contribution in [0.4, 0.5) is 24.8 Å². The number of imidazole rings is 1. The first-order chi connectivity index (χ1) is 21.2. The molecule has 0 unspecified atom stereocenters. The van der Waals surface area contributed by atoms with E-state index in [0.29, 0.717) is 49.7 Å². The van der Waals surface area contributed by atoms with Gasteiger partial charge in [-0.15, -0.1) is 0 Å². The summed E-state index contributed by atoms with van der Waals surface area (Å²) in [5, 5.41) is 2.41. The van der Waals surface area contributed by atoms with Gasteiger partial charge in [-0.25, -0.2) is 15.0 Å². The van der Waals surface area contributed by atoms with Crippen molar-refractivity contribution in [1.29, 1.82) is 0 Å². The number of aromatic nitrogens is 4. The SMILES string of the molecule is COCCOCCC(=O)N1CCC[C@@H](c2nc(-c3ccc(C(=O)Nc4cc(C(F)(F)F)ccn4)cc3)c3c(N)nccn23)C1. The number of nitrogens with one attached hydrogen (secondary N) is 1. The van der Waals surface area contributed by atoms with E-state index in [1.165, 1.54) is 0 Å². The van der Waals surface area contributed by atoms with Gasteiger partial charge < -0.3 is 25.4 Å². The average Bonchev–Trinajstić information content (AvgIpc) is 3.42. The highest BCUT2D eigenvalue weighted by Crippen LogP contribution is 2.34. The van der Waals surface area contributed by atoms with E-state index in [2.05, 4.69) is 15.3 Å². The van der Waals surface area contributed by atoms with Crippen LogP contribution >= 0.6 is 0 Å². The van der Waals surface area contributed by atoms with Gasteiger partial charge in [0.15, 0.2) is 0 Å². The molecule has 2 amide bonds. The Morgan fingerprint density at radius 1 is 1.09 bits per heavy atom. The maximum Gasteiger partial charge on any atom is 0.416 e. The minimum Gasteiger partial charge on any atom is -0.382 e. The molecule has 14 heteroatoms. The lowest BCUT2D eigenvalue weighted by atomic mass is 9.97. The van der Waals surface area contributed by atoms with Crippen molar-refractivity contribution < 1.29 is 32.2 Å². The minimum atomic E-state index is -4.56. The number of ether oxygens (including phenoxy) is 2. The van der Waals surface area contributed by atoms with E-state index in [9.17, 15) is 22.8 Å². The number of rotatable bonds is 10. The molecule has 11 nitrogen and oxygen atoms in total. The monoisotopic (exact) mass is 611 g/mol. The van der Waals surface area contributed by atoms with E-state index in [1.807, 2.05) is 9.30 Å². The Kier molecular flexibility index (Phi) is 9.40. The van der Waals surface area contributed by atoms with Crippen molar-refractivity contribution in [3.05, 3.63) is 71.9 Å². The van der Waals surface area contributed by atoms with Crippen LogP contribution in [0.25, 0.3) is 16.8 Å². The maximum atomic E-state index is 13.0. The van der Waals surface area contributed by atoms with Crippen LogP contribution in [0.2, 0.25) is 0 Å². The second-order valence-electron chi connectivity index (χ2n) is 10.3. The van der Waals surface area contributed by atoms with Crippen LogP contribution in [-0.4, -0.2) is 76.1 Å². The van der Waals surface area contributed by atoms with Crippen molar-refractivity contribution in [2.45, 2.75) is 31.4 Å². The number of anilines is 2. The molecule has 0 spiro atoms. The topological polar surface area (TPSA) is 137 Å². The fourth-order valence-corrected chi connectivity index (χ4v) is 5.20. The molecule has 3 N–H and O–H groups in total. The number of fused-ring (bicyclic) bond motifs is 1. The third-order valence-corrected chi connectivity index (χ3v) is 7.39. The van der Waals surface area contributed by atoms with Gasteiger partial charge in [0.1, 0.15) is 28.7 Å². The molecular weight excluding hydrogens is 579 g/mol. The Morgan fingerprint density at radius 3 is 2.64 bits per heavy atom. The number of nitrogen functional groups attached to an aromatic ring is 1. The molecule has 232 valence electrons. The predicted octanol–water partition coefficient (Wildman–Crippen LogP) is 4.40. The summed E-state index contributed by atoms with van der Waals surface area (Å²) in [7, 11) is 1.59.